The molecule has 0 aliphatic rings. The Morgan fingerprint density at radius 2 is 1.85 bits per heavy atom. The lowest BCUT2D eigenvalue weighted by atomic mass is 10.2. The molecule has 0 radical (unpaired) electrons. The van der Waals surface area contributed by atoms with Crippen LogP contribution in [0.15, 0.2) is 11.8 Å². The Hall–Kier alpha value is -1.36. The minimum absolute atomic E-state index is 0.0751. The van der Waals surface area contributed by atoms with Crippen molar-refractivity contribution in [3.63, 3.8) is 0 Å². The van der Waals surface area contributed by atoms with E-state index in [0.29, 0.717) is 18.4 Å². The molecule has 0 saturated heterocycles. The van der Waals surface area contributed by atoms with Gasteiger partial charge in [0.1, 0.15) is 6.23 Å². The standard InChI is InChI=1S/C13H24N2O3.C2H6/c1-6-11(4)18-12(7-2)15(9-16)8-10(3)13(17)14-5;1-2/h8-9,11-12H,6-7H2,1-5H3,(H,14,17);1-2H3/b10-8-;. The lowest BCUT2D eigenvalue weighted by Crippen LogP contribution is -2.35. The zero-order valence-corrected chi connectivity index (χ0v) is 13.9. The van der Waals surface area contributed by atoms with Gasteiger partial charge in [0.15, 0.2) is 0 Å². The van der Waals surface area contributed by atoms with E-state index in [2.05, 4.69) is 5.32 Å². The van der Waals surface area contributed by atoms with Gasteiger partial charge in [-0.2, -0.15) is 0 Å². The third-order valence-electron chi connectivity index (χ3n) is 2.70. The summed E-state index contributed by atoms with van der Waals surface area (Å²) < 4.78 is 5.73. The maximum absolute atomic E-state index is 11.4. The van der Waals surface area contributed by atoms with Crippen molar-refractivity contribution >= 4 is 12.3 Å². The van der Waals surface area contributed by atoms with Gasteiger partial charge in [-0.3, -0.25) is 14.5 Å². The van der Waals surface area contributed by atoms with Gasteiger partial charge in [-0.1, -0.05) is 27.7 Å². The Morgan fingerprint density at radius 3 is 2.20 bits per heavy atom. The van der Waals surface area contributed by atoms with E-state index in [0.717, 1.165) is 6.42 Å². The van der Waals surface area contributed by atoms with Crippen LogP contribution in [0, 0.1) is 0 Å². The van der Waals surface area contributed by atoms with E-state index in [1.165, 1.54) is 11.1 Å². The van der Waals surface area contributed by atoms with Gasteiger partial charge in [0.05, 0.1) is 6.10 Å². The van der Waals surface area contributed by atoms with Crippen molar-refractivity contribution in [2.45, 2.75) is 66.7 Å². The number of carbonyl (C=O) groups is 2. The first-order valence-electron chi connectivity index (χ1n) is 7.28. The molecule has 0 saturated carbocycles. The average molecular weight is 286 g/mol. The number of nitrogens with one attached hydrogen (secondary N) is 1. The van der Waals surface area contributed by atoms with Crippen LogP contribution in [0.5, 0.6) is 0 Å². The fourth-order valence-corrected chi connectivity index (χ4v) is 1.40. The van der Waals surface area contributed by atoms with Crippen LogP contribution in [-0.2, 0) is 14.3 Å². The summed E-state index contributed by atoms with van der Waals surface area (Å²) in [5.74, 6) is -0.208. The molecule has 5 nitrogen and oxygen atoms in total. The van der Waals surface area contributed by atoms with Crippen molar-refractivity contribution in [1.82, 2.24) is 10.2 Å². The number of ether oxygens (including phenoxy) is 1. The smallest absolute Gasteiger partial charge is 0.248 e. The van der Waals surface area contributed by atoms with Crippen molar-refractivity contribution in [2.75, 3.05) is 7.05 Å². The van der Waals surface area contributed by atoms with Crippen LogP contribution >= 0.6 is 0 Å². The summed E-state index contributed by atoms with van der Waals surface area (Å²) in [5.41, 5.74) is 0.468. The molecule has 2 amide bonds. The molecule has 0 aromatic carbocycles. The Kier molecular flexibility index (Phi) is 13.3. The third kappa shape index (κ3) is 7.94. The molecule has 5 heteroatoms. The van der Waals surface area contributed by atoms with Crippen LogP contribution in [0.3, 0.4) is 0 Å². The summed E-state index contributed by atoms with van der Waals surface area (Å²) in [6.07, 6.45) is 3.48. The Morgan fingerprint density at radius 1 is 1.30 bits per heavy atom. The molecule has 0 rings (SSSR count). The van der Waals surface area contributed by atoms with Gasteiger partial charge in [0.25, 0.3) is 0 Å². The average Bonchev–Trinajstić information content (AvgIpc) is 2.50. The Bertz CT molecular complexity index is 303. The van der Waals surface area contributed by atoms with E-state index < -0.39 is 0 Å². The first-order valence-corrected chi connectivity index (χ1v) is 7.28. The van der Waals surface area contributed by atoms with Gasteiger partial charge < -0.3 is 10.1 Å². The summed E-state index contributed by atoms with van der Waals surface area (Å²) in [6.45, 7) is 11.6. The van der Waals surface area contributed by atoms with E-state index in [1.54, 1.807) is 14.0 Å². The van der Waals surface area contributed by atoms with E-state index >= 15 is 0 Å². The number of amides is 2. The minimum atomic E-state index is -0.336. The highest BCUT2D eigenvalue weighted by Crippen LogP contribution is 2.11. The summed E-state index contributed by atoms with van der Waals surface area (Å²) >= 11 is 0. The first kappa shape index (κ1) is 20.9. The molecule has 118 valence electrons. The molecule has 1 N–H and O–H groups in total. The van der Waals surface area contributed by atoms with Gasteiger partial charge in [-0.05, 0) is 26.7 Å². The second kappa shape index (κ2) is 12.7. The molecule has 0 bridgehead atoms. The van der Waals surface area contributed by atoms with Crippen molar-refractivity contribution in [3.05, 3.63) is 11.8 Å². The predicted octanol–water partition coefficient (Wildman–Crippen LogP) is 2.67. The highest BCUT2D eigenvalue weighted by atomic mass is 16.5. The predicted molar refractivity (Wildman–Crippen MR) is 82.0 cm³/mol. The lowest BCUT2D eigenvalue weighted by molar-refractivity contribution is -0.132. The van der Waals surface area contributed by atoms with E-state index in [4.69, 9.17) is 4.74 Å². The zero-order chi connectivity index (χ0) is 16.1. The molecular weight excluding hydrogens is 256 g/mol. The number of likely N-dealkylation sites (N-methyl/N-ethyl adjacent to an activating group) is 1. The second-order valence-corrected chi connectivity index (χ2v) is 4.16. The minimum Gasteiger partial charge on any atom is -0.355 e. The monoisotopic (exact) mass is 286 g/mol. The molecule has 0 heterocycles. The largest absolute Gasteiger partial charge is 0.355 e. The van der Waals surface area contributed by atoms with Crippen LogP contribution < -0.4 is 5.32 Å². The maximum atomic E-state index is 11.4. The Labute approximate surface area is 123 Å². The summed E-state index contributed by atoms with van der Waals surface area (Å²) in [7, 11) is 1.55. The fourth-order valence-electron chi connectivity index (χ4n) is 1.40. The highest BCUT2D eigenvalue weighted by Gasteiger charge is 2.17. The molecule has 2 atom stereocenters. The molecule has 0 aromatic heterocycles. The molecule has 0 aromatic rings. The molecule has 20 heavy (non-hydrogen) atoms. The van der Waals surface area contributed by atoms with Crippen molar-refractivity contribution in [3.8, 4) is 0 Å². The van der Waals surface area contributed by atoms with Crippen molar-refractivity contribution < 1.29 is 14.3 Å². The molecular formula is C15H30N2O3. The summed E-state index contributed by atoms with van der Waals surface area (Å²) in [4.78, 5) is 23.9. The topological polar surface area (TPSA) is 58.6 Å². The van der Waals surface area contributed by atoms with Crippen LogP contribution in [0.25, 0.3) is 0 Å². The fraction of sp³-hybridized carbons (Fsp3) is 0.733. The lowest BCUT2D eigenvalue weighted by Gasteiger charge is -2.27. The summed E-state index contributed by atoms with van der Waals surface area (Å²) in [5, 5.41) is 2.51. The quantitative estimate of drug-likeness (QED) is 0.424. The Balaban J connectivity index is 0. The van der Waals surface area contributed by atoms with E-state index in [1.807, 2.05) is 34.6 Å². The van der Waals surface area contributed by atoms with Crippen LogP contribution in [0.1, 0.15) is 54.4 Å². The van der Waals surface area contributed by atoms with Gasteiger partial charge in [0.2, 0.25) is 12.3 Å². The number of carbonyl (C=O) groups excluding carboxylic acids is 2. The van der Waals surface area contributed by atoms with Gasteiger partial charge in [-0.25, -0.2) is 0 Å². The maximum Gasteiger partial charge on any atom is 0.248 e. The van der Waals surface area contributed by atoms with Crippen LogP contribution in [0.2, 0.25) is 0 Å². The molecule has 0 aliphatic heterocycles. The highest BCUT2D eigenvalue weighted by molar-refractivity contribution is 5.92. The van der Waals surface area contributed by atoms with Crippen LogP contribution in [0.4, 0.5) is 0 Å². The van der Waals surface area contributed by atoms with Gasteiger partial charge in [-0.15, -0.1) is 0 Å². The SMILES string of the molecule is CC.CCC(C)OC(CC)N(C=O)/C=C(/C)C(=O)NC. The van der Waals surface area contributed by atoms with Crippen molar-refractivity contribution in [1.29, 1.82) is 0 Å². The number of hydrogen-bond donors (Lipinski definition) is 1. The molecule has 0 aliphatic carbocycles. The van der Waals surface area contributed by atoms with E-state index in [-0.39, 0.29) is 18.2 Å². The zero-order valence-electron chi connectivity index (χ0n) is 13.9. The third-order valence-corrected chi connectivity index (χ3v) is 2.70. The molecule has 0 spiro atoms. The second-order valence-electron chi connectivity index (χ2n) is 4.16. The summed E-state index contributed by atoms with van der Waals surface area (Å²) in [6, 6.07) is 0. The number of hydrogen-bond acceptors (Lipinski definition) is 3. The molecule has 2 unspecified atom stereocenters. The van der Waals surface area contributed by atoms with Crippen LogP contribution in [-0.4, -0.2) is 36.6 Å². The first-order chi connectivity index (χ1) is 9.49. The van der Waals surface area contributed by atoms with E-state index in [9.17, 15) is 9.59 Å². The molecule has 0 fully saturated rings. The normalized spacial score (nSPS) is 13.7. The van der Waals surface area contributed by atoms with Gasteiger partial charge >= 0.3 is 0 Å². The number of nitrogens with zero attached hydrogens (tertiary/aromatic N) is 1. The van der Waals surface area contributed by atoms with Gasteiger partial charge in [0, 0.05) is 18.8 Å². The number of rotatable bonds is 8. The van der Waals surface area contributed by atoms with Crippen molar-refractivity contribution in [2.24, 2.45) is 0 Å².